The zero-order chi connectivity index (χ0) is 8.85. The molecule has 0 aliphatic rings. The summed E-state index contributed by atoms with van der Waals surface area (Å²) in [5.41, 5.74) is 1.68. The number of hydrogen-bond donors (Lipinski definition) is 4. The van der Waals surface area contributed by atoms with Crippen LogP contribution in [0.15, 0.2) is 0 Å². The minimum atomic E-state index is -1.42. The lowest BCUT2D eigenvalue weighted by atomic mass is 10.6. The van der Waals surface area contributed by atoms with E-state index in [0.717, 1.165) is 0 Å². The first-order valence-corrected chi connectivity index (χ1v) is 2.63. The van der Waals surface area contributed by atoms with Gasteiger partial charge in [0.05, 0.1) is 0 Å². The van der Waals surface area contributed by atoms with Crippen molar-refractivity contribution >= 4 is 12.1 Å². The highest BCUT2D eigenvalue weighted by Gasteiger charge is 2.09. The average molecular weight is 164 g/mol. The summed E-state index contributed by atoms with van der Waals surface area (Å²) in [5, 5.41) is 25.2. The van der Waals surface area contributed by atoms with Gasteiger partial charge in [0.25, 0.3) is 0 Å². The van der Waals surface area contributed by atoms with Gasteiger partial charge in [-0.1, -0.05) is 0 Å². The number of amides is 1. The summed E-state index contributed by atoms with van der Waals surface area (Å²) in [6.45, 7) is -1.26. The number of hydrazine groups is 1. The van der Waals surface area contributed by atoms with Crippen LogP contribution in [-0.4, -0.2) is 45.7 Å². The fourth-order valence-electron chi connectivity index (χ4n) is 0.423. The molecule has 0 aliphatic heterocycles. The van der Waals surface area contributed by atoms with Crippen molar-refractivity contribution in [1.82, 2.24) is 10.4 Å². The third-order valence-electron chi connectivity index (χ3n) is 0.751. The van der Waals surface area contributed by atoms with E-state index in [1.165, 1.54) is 0 Å². The zero-order valence-electron chi connectivity index (χ0n) is 5.52. The molecule has 0 fully saturated rings. The summed E-state index contributed by atoms with van der Waals surface area (Å²) in [6, 6.07) is 0. The van der Waals surface area contributed by atoms with Crippen LogP contribution in [0.25, 0.3) is 0 Å². The Kier molecular flexibility index (Phi) is 3.93. The van der Waals surface area contributed by atoms with Crippen molar-refractivity contribution in [3.63, 3.8) is 0 Å². The van der Waals surface area contributed by atoms with Crippen LogP contribution in [0.4, 0.5) is 4.79 Å². The van der Waals surface area contributed by atoms with Gasteiger partial charge in [-0.3, -0.25) is 10.2 Å². The Morgan fingerprint density at radius 3 is 2.18 bits per heavy atom. The van der Waals surface area contributed by atoms with Crippen molar-refractivity contribution in [2.75, 3.05) is 13.3 Å². The quantitative estimate of drug-likeness (QED) is 0.297. The van der Waals surface area contributed by atoms with E-state index in [1.54, 1.807) is 5.43 Å². The van der Waals surface area contributed by atoms with E-state index in [-0.39, 0.29) is 0 Å². The molecule has 0 heterocycles. The largest absolute Gasteiger partial charge is 0.480 e. The smallest absolute Gasteiger partial charge is 0.419 e. The van der Waals surface area contributed by atoms with E-state index in [9.17, 15) is 9.59 Å². The van der Waals surface area contributed by atoms with E-state index in [4.69, 9.17) is 15.3 Å². The Morgan fingerprint density at radius 2 is 1.91 bits per heavy atom. The molecule has 64 valence electrons. The monoisotopic (exact) mass is 164 g/mol. The van der Waals surface area contributed by atoms with Crippen molar-refractivity contribution in [2.24, 2.45) is 0 Å². The first-order chi connectivity index (χ1) is 5.06. The SMILES string of the molecule is O=C(O)CN(CO)NC(=O)O. The molecule has 7 heteroatoms. The molecule has 11 heavy (non-hydrogen) atoms. The van der Waals surface area contributed by atoms with Crippen LogP contribution in [0.2, 0.25) is 0 Å². The van der Waals surface area contributed by atoms with Crippen molar-refractivity contribution in [2.45, 2.75) is 0 Å². The van der Waals surface area contributed by atoms with Crippen LogP contribution in [0.5, 0.6) is 0 Å². The van der Waals surface area contributed by atoms with Crippen molar-refractivity contribution in [3.05, 3.63) is 0 Å². The Morgan fingerprint density at radius 1 is 1.36 bits per heavy atom. The molecular formula is C4H8N2O5. The Labute approximate surface area is 61.8 Å². The van der Waals surface area contributed by atoms with Crippen molar-refractivity contribution in [1.29, 1.82) is 0 Å². The molecule has 1 amide bonds. The molecule has 0 atom stereocenters. The van der Waals surface area contributed by atoms with E-state index in [1.807, 2.05) is 0 Å². The number of nitrogens with zero attached hydrogens (tertiary/aromatic N) is 1. The van der Waals surface area contributed by atoms with Crippen LogP contribution in [0.3, 0.4) is 0 Å². The van der Waals surface area contributed by atoms with Gasteiger partial charge >= 0.3 is 12.1 Å². The summed E-state index contributed by atoms with van der Waals surface area (Å²) in [6.07, 6.45) is -1.42. The molecule has 0 aromatic rings. The maximum Gasteiger partial charge on any atom is 0.419 e. The standard InChI is InChI=1S/C4H8N2O5/c7-2-6(1-3(8)9)5-4(10)11/h5,7H,1-2H2,(H,8,9)(H,10,11). The molecule has 0 unspecified atom stereocenters. The minimum Gasteiger partial charge on any atom is -0.480 e. The van der Waals surface area contributed by atoms with Crippen LogP contribution in [-0.2, 0) is 4.79 Å². The van der Waals surface area contributed by atoms with E-state index < -0.39 is 25.3 Å². The Hall–Kier alpha value is -1.34. The fraction of sp³-hybridized carbons (Fsp3) is 0.500. The summed E-state index contributed by atoms with van der Waals surface area (Å²) >= 11 is 0. The fourth-order valence-corrected chi connectivity index (χ4v) is 0.423. The van der Waals surface area contributed by atoms with E-state index in [0.29, 0.717) is 5.01 Å². The predicted molar refractivity (Wildman–Crippen MR) is 32.6 cm³/mol. The number of hydrogen-bond acceptors (Lipinski definition) is 4. The molecule has 0 spiro atoms. The third-order valence-corrected chi connectivity index (χ3v) is 0.751. The van der Waals surface area contributed by atoms with Gasteiger partial charge in [-0.05, 0) is 0 Å². The molecule has 0 radical (unpaired) electrons. The molecule has 0 bridgehead atoms. The zero-order valence-corrected chi connectivity index (χ0v) is 5.52. The summed E-state index contributed by atoms with van der Waals surface area (Å²) in [7, 11) is 0. The van der Waals surface area contributed by atoms with Crippen LogP contribution < -0.4 is 5.43 Å². The first-order valence-electron chi connectivity index (χ1n) is 2.63. The van der Waals surface area contributed by atoms with Gasteiger partial charge in [0, 0.05) is 0 Å². The molecule has 7 nitrogen and oxygen atoms in total. The lowest BCUT2D eigenvalue weighted by Gasteiger charge is -2.14. The topological polar surface area (TPSA) is 110 Å². The maximum atomic E-state index is 9.96. The average Bonchev–Trinajstić information content (AvgIpc) is 1.84. The second kappa shape index (κ2) is 4.47. The number of aliphatic hydroxyl groups is 1. The Balaban J connectivity index is 3.76. The number of carboxylic acids is 1. The van der Waals surface area contributed by atoms with Gasteiger partial charge in [0.15, 0.2) is 0 Å². The summed E-state index contributed by atoms with van der Waals surface area (Å²) in [5.74, 6) is -1.23. The maximum absolute atomic E-state index is 9.96. The van der Waals surface area contributed by atoms with Crippen LogP contribution >= 0.6 is 0 Å². The number of nitrogens with one attached hydrogen (secondary N) is 1. The molecule has 0 saturated carbocycles. The highest BCUT2D eigenvalue weighted by molar-refractivity contribution is 5.70. The van der Waals surface area contributed by atoms with Crippen LogP contribution in [0.1, 0.15) is 0 Å². The molecule has 0 rings (SSSR count). The molecule has 0 aromatic carbocycles. The molecule has 0 saturated heterocycles. The van der Waals surface area contributed by atoms with Crippen LogP contribution in [0, 0.1) is 0 Å². The molecular weight excluding hydrogens is 156 g/mol. The van der Waals surface area contributed by atoms with Gasteiger partial charge in [-0.25, -0.2) is 4.79 Å². The number of aliphatic hydroxyl groups excluding tert-OH is 1. The normalized spacial score (nSPS) is 9.64. The minimum absolute atomic E-state index is 0.581. The van der Waals surface area contributed by atoms with Gasteiger partial charge in [0.1, 0.15) is 13.3 Å². The number of carboxylic acid groups (broad SMARTS) is 2. The van der Waals surface area contributed by atoms with Gasteiger partial charge in [0.2, 0.25) is 0 Å². The lowest BCUT2D eigenvalue weighted by molar-refractivity contribution is -0.140. The summed E-state index contributed by atoms with van der Waals surface area (Å²) < 4.78 is 0. The van der Waals surface area contributed by atoms with Gasteiger partial charge in [-0.2, -0.15) is 5.01 Å². The van der Waals surface area contributed by atoms with Gasteiger partial charge < -0.3 is 15.3 Å². The summed E-state index contributed by atoms with van der Waals surface area (Å²) in [4.78, 5) is 19.9. The first kappa shape index (κ1) is 9.66. The lowest BCUT2D eigenvalue weighted by Crippen LogP contribution is -2.44. The molecule has 4 N–H and O–H groups in total. The number of carbonyl (C=O) groups is 2. The molecule has 0 aromatic heterocycles. The second-order valence-corrected chi connectivity index (χ2v) is 1.65. The Bertz CT molecular complexity index is 143. The van der Waals surface area contributed by atoms with Crippen molar-refractivity contribution in [3.8, 4) is 0 Å². The highest BCUT2D eigenvalue weighted by Crippen LogP contribution is 1.78. The highest BCUT2D eigenvalue weighted by atomic mass is 16.4. The number of rotatable bonds is 4. The third kappa shape index (κ3) is 5.12. The number of aliphatic carboxylic acids is 1. The van der Waals surface area contributed by atoms with Crippen molar-refractivity contribution < 1.29 is 24.9 Å². The van der Waals surface area contributed by atoms with E-state index >= 15 is 0 Å². The second-order valence-electron chi connectivity index (χ2n) is 1.65. The molecule has 0 aliphatic carbocycles. The van der Waals surface area contributed by atoms with Gasteiger partial charge in [-0.15, -0.1) is 0 Å². The van der Waals surface area contributed by atoms with E-state index in [2.05, 4.69) is 0 Å². The predicted octanol–water partition coefficient (Wildman–Crippen LogP) is -1.49.